The second-order valence-electron chi connectivity index (χ2n) is 13.1. The van der Waals surface area contributed by atoms with Gasteiger partial charge in [0.05, 0.1) is 9.85 Å². The molecule has 0 heterocycles. The van der Waals surface area contributed by atoms with Gasteiger partial charge in [-0.3, -0.25) is 20.2 Å². The molecule has 62 heavy (non-hydrogen) atoms. The number of nitro benzene ring substituents is 2. The minimum absolute atomic E-state index is 0.00829. The predicted octanol–water partition coefficient (Wildman–Crippen LogP) is 15.7. The molecule has 8 aromatic carbocycles. The molecule has 0 saturated heterocycles. The van der Waals surface area contributed by atoms with Gasteiger partial charge < -0.3 is 19.3 Å². The van der Waals surface area contributed by atoms with Crippen LogP contribution in [0.2, 0.25) is 0 Å². The molecule has 0 atom stereocenters. The zero-order valence-electron chi connectivity index (χ0n) is 34.9. The Morgan fingerprint density at radius 1 is 0.323 bits per heavy atom. The number of anilines is 6. The van der Waals surface area contributed by atoms with Gasteiger partial charge in [-0.25, -0.2) is 0 Å². The van der Waals surface area contributed by atoms with Gasteiger partial charge in [0, 0.05) is 58.4 Å². The van der Waals surface area contributed by atoms with Crippen molar-refractivity contribution in [2.24, 2.45) is 0 Å². The van der Waals surface area contributed by atoms with Crippen molar-refractivity contribution in [3.05, 3.63) is 226 Å². The number of benzene rings is 8. The molecule has 0 saturated carbocycles. The van der Waals surface area contributed by atoms with Gasteiger partial charge in [-0.2, -0.15) is 0 Å². The summed E-state index contributed by atoms with van der Waals surface area (Å²) in [5, 5.41) is 22.1. The lowest BCUT2D eigenvalue weighted by Crippen LogP contribution is -2.10. The Balaban J connectivity index is 0.00000156. The lowest BCUT2D eigenvalue weighted by Gasteiger charge is -2.26. The number of hydrogen-bond acceptors (Lipinski definition) is 8. The van der Waals surface area contributed by atoms with Crippen molar-refractivity contribution < 1.29 is 19.3 Å². The van der Waals surface area contributed by atoms with Gasteiger partial charge in [0.15, 0.2) is 0 Å². The summed E-state index contributed by atoms with van der Waals surface area (Å²) >= 11 is 0. The van der Waals surface area contributed by atoms with Crippen LogP contribution in [-0.2, 0) is 0 Å². The Bertz CT molecular complexity index is 2440. The number of hydrogen-bond donors (Lipinski definition) is 0. The molecule has 310 valence electrons. The van der Waals surface area contributed by atoms with Gasteiger partial charge in [0.25, 0.3) is 11.4 Å². The molecule has 0 N–H and O–H groups in total. The standard InChI is InChI=1S/C48H34N4O6.2C2H6/c53-51(54)43-23-31-47(32-24-43)57-45-27-19-41(20-28-45)49(37-7-3-1-4-8-37)39-15-11-35(12-16-39)36-13-17-40(18-14-36)50(38-9-5-2-6-10-38)42-21-29-46(30-22-42)58-48-33-25-44(26-34-48)52(55)56;2*1-2/h1-34H;2*1-2H3. The van der Waals surface area contributed by atoms with E-state index in [0.29, 0.717) is 23.0 Å². The molecule has 8 aromatic rings. The van der Waals surface area contributed by atoms with E-state index in [2.05, 4.69) is 82.6 Å². The summed E-state index contributed by atoms with van der Waals surface area (Å²) in [5.74, 6) is 2.25. The zero-order valence-corrected chi connectivity index (χ0v) is 34.9. The summed E-state index contributed by atoms with van der Waals surface area (Å²) in [6.45, 7) is 8.00. The first-order chi connectivity index (χ1) is 30.4. The van der Waals surface area contributed by atoms with Crippen molar-refractivity contribution in [3.63, 3.8) is 0 Å². The SMILES string of the molecule is CC.CC.O=[N+]([O-])c1ccc(Oc2ccc(N(c3ccccc3)c3ccc(-c4ccc(N(c5ccccc5)c5ccc(Oc6ccc([N+](=O)[O-])cc6)cc5)cc4)cc3)cc2)cc1. The fraction of sp³-hybridized carbons (Fsp3) is 0.0769. The lowest BCUT2D eigenvalue weighted by molar-refractivity contribution is -0.385. The van der Waals surface area contributed by atoms with Crippen LogP contribution in [0.5, 0.6) is 23.0 Å². The highest BCUT2D eigenvalue weighted by molar-refractivity contribution is 5.81. The van der Waals surface area contributed by atoms with Gasteiger partial charge in [-0.05, 0) is 132 Å². The highest BCUT2D eigenvalue weighted by Crippen LogP contribution is 2.39. The third kappa shape index (κ3) is 10.7. The van der Waals surface area contributed by atoms with Crippen LogP contribution in [0.3, 0.4) is 0 Å². The van der Waals surface area contributed by atoms with E-state index in [0.717, 1.165) is 45.3 Å². The van der Waals surface area contributed by atoms with E-state index in [1.807, 2.05) is 113 Å². The van der Waals surface area contributed by atoms with Gasteiger partial charge in [0.2, 0.25) is 0 Å². The fourth-order valence-electron chi connectivity index (χ4n) is 6.52. The van der Waals surface area contributed by atoms with E-state index >= 15 is 0 Å². The van der Waals surface area contributed by atoms with Crippen LogP contribution in [0.4, 0.5) is 45.5 Å². The highest BCUT2D eigenvalue weighted by atomic mass is 16.6. The monoisotopic (exact) mass is 822 g/mol. The molecule has 0 fully saturated rings. The molecule has 10 heteroatoms. The summed E-state index contributed by atoms with van der Waals surface area (Å²) < 4.78 is 11.9. The molecule has 0 aliphatic heterocycles. The van der Waals surface area contributed by atoms with E-state index in [4.69, 9.17) is 9.47 Å². The molecule has 0 spiro atoms. The largest absolute Gasteiger partial charge is 0.457 e. The van der Waals surface area contributed by atoms with E-state index < -0.39 is 9.85 Å². The predicted molar refractivity (Wildman–Crippen MR) is 250 cm³/mol. The highest BCUT2D eigenvalue weighted by Gasteiger charge is 2.16. The average Bonchev–Trinajstić information content (AvgIpc) is 3.33. The zero-order chi connectivity index (χ0) is 43.8. The quantitative estimate of drug-likeness (QED) is 0.0835. The van der Waals surface area contributed by atoms with Crippen molar-refractivity contribution in [2.45, 2.75) is 27.7 Å². The molecule has 0 amide bonds. The summed E-state index contributed by atoms with van der Waals surface area (Å²) in [7, 11) is 0. The first-order valence-corrected chi connectivity index (χ1v) is 20.3. The molecular weight excluding hydrogens is 777 g/mol. The normalized spacial score (nSPS) is 10.2. The molecular formula is C52H46N4O6. The van der Waals surface area contributed by atoms with Crippen LogP contribution in [-0.4, -0.2) is 9.85 Å². The van der Waals surface area contributed by atoms with Crippen LogP contribution in [0, 0.1) is 20.2 Å². The summed E-state index contributed by atoms with van der Waals surface area (Å²) in [4.78, 5) is 25.5. The van der Waals surface area contributed by atoms with E-state index in [1.54, 1.807) is 24.3 Å². The first kappa shape index (κ1) is 43.3. The second-order valence-corrected chi connectivity index (χ2v) is 13.1. The van der Waals surface area contributed by atoms with Crippen molar-refractivity contribution in [3.8, 4) is 34.1 Å². The van der Waals surface area contributed by atoms with Gasteiger partial charge in [0.1, 0.15) is 23.0 Å². The Morgan fingerprint density at radius 2 is 0.548 bits per heavy atom. The fourth-order valence-corrected chi connectivity index (χ4v) is 6.52. The van der Waals surface area contributed by atoms with Crippen molar-refractivity contribution in [1.29, 1.82) is 0 Å². The molecule has 0 radical (unpaired) electrons. The maximum absolute atomic E-state index is 11.0. The Labute approximate surface area is 361 Å². The first-order valence-electron chi connectivity index (χ1n) is 20.3. The minimum Gasteiger partial charge on any atom is -0.457 e. The molecule has 0 unspecified atom stereocenters. The topological polar surface area (TPSA) is 111 Å². The third-order valence-corrected chi connectivity index (χ3v) is 9.37. The third-order valence-electron chi connectivity index (χ3n) is 9.37. The molecule has 0 aliphatic carbocycles. The molecule has 0 aromatic heterocycles. The summed E-state index contributed by atoms with van der Waals surface area (Å²) in [5.41, 5.74) is 7.97. The summed E-state index contributed by atoms with van der Waals surface area (Å²) in [6, 6.07) is 64.6. The Kier molecular flexibility index (Phi) is 14.8. The number of nitrogens with zero attached hydrogens (tertiary/aromatic N) is 4. The van der Waals surface area contributed by atoms with E-state index in [-0.39, 0.29) is 11.4 Å². The Morgan fingerprint density at radius 3 is 0.806 bits per heavy atom. The number of nitro groups is 2. The maximum atomic E-state index is 11.0. The number of rotatable bonds is 13. The van der Waals surface area contributed by atoms with Crippen LogP contribution >= 0.6 is 0 Å². The van der Waals surface area contributed by atoms with Crippen molar-refractivity contribution in [1.82, 2.24) is 0 Å². The van der Waals surface area contributed by atoms with Gasteiger partial charge >= 0.3 is 0 Å². The van der Waals surface area contributed by atoms with Crippen molar-refractivity contribution >= 4 is 45.5 Å². The Hall–Kier alpha value is -8.24. The van der Waals surface area contributed by atoms with Crippen LogP contribution in [0.1, 0.15) is 27.7 Å². The maximum Gasteiger partial charge on any atom is 0.269 e. The lowest BCUT2D eigenvalue weighted by atomic mass is 10.0. The average molecular weight is 823 g/mol. The van der Waals surface area contributed by atoms with Crippen LogP contribution in [0.15, 0.2) is 206 Å². The number of non-ortho nitro benzene ring substituents is 2. The number of ether oxygens (including phenoxy) is 2. The molecule has 0 aliphatic rings. The molecule has 8 rings (SSSR count). The van der Waals surface area contributed by atoms with Gasteiger partial charge in [-0.15, -0.1) is 0 Å². The molecule has 0 bridgehead atoms. The van der Waals surface area contributed by atoms with E-state index in [1.165, 1.54) is 24.3 Å². The van der Waals surface area contributed by atoms with Crippen LogP contribution < -0.4 is 19.3 Å². The summed E-state index contributed by atoms with van der Waals surface area (Å²) in [6.07, 6.45) is 0. The number of para-hydroxylation sites is 2. The second kappa shape index (κ2) is 21.1. The minimum atomic E-state index is -0.436. The van der Waals surface area contributed by atoms with Crippen LogP contribution in [0.25, 0.3) is 11.1 Å². The smallest absolute Gasteiger partial charge is 0.269 e. The van der Waals surface area contributed by atoms with Crippen molar-refractivity contribution in [2.75, 3.05) is 9.80 Å². The molecule has 10 nitrogen and oxygen atoms in total. The van der Waals surface area contributed by atoms with E-state index in [9.17, 15) is 20.2 Å². The van der Waals surface area contributed by atoms with Gasteiger partial charge in [-0.1, -0.05) is 88.4 Å².